The number of para-hydroxylation sites is 5. The highest BCUT2D eigenvalue weighted by Crippen LogP contribution is 2.43. The highest BCUT2D eigenvalue weighted by Gasteiger charge is 2.23. The van der Waals surface area contributed by atoms with Crippen LogP contribution in [0.4, 0.5) is 34.4 Å². The zero-order valence-electron chi connectivity index (χ0n) is 20.4. The summed E-state index contributed by atoms with van der Waals surface area (Å²) in [5, 5.41) is 0. The van der Waals surface area contributed by atoms with E-state index in [0.29, 0.717) is 0 Å². The molecule has 0 spiro atoms. The van der Waals surface area contributed by atoms with Crippen LogP contribution in [-0.4, -0.2) is 4.57 Å². The Morgan fingerprint density at radius 3 is 0.865 bits per heavy atom. The van der Waals surface area contributed by atoms with Gasteiger partial charge in [-0.2, -0.15) is 0 Å². The van der Waals surface area contributed by atoms with Crippen LogP contribution in [0.2, 0.25) is 0 Å². The van der Waals surface area contributed by atoms with Crippen LogP contribution in [0.15, 0.2) is 164 Å². The lowest BCUT2D eigenvalue weighted by Gasteiger charge is -2.30. The molecule has 3 nitrogen and oxygen atoms in total. The van der Waals surface area contributed by atoms with Crippen molar-refractivity contribution in [3.8, 4) is 5.69 Å². The molecular formula is C34H27N3. The minimum atomic E-state index is 1.05. The molecule has 0 saturated carbocycles. The quantitative estimate of drug-likeness (QED) is 0.227. The first-order chi connectivity index (χ1) is 18.4. The molecule has 178 valence electrons. The van der Waals surface area contributed by atoms with Gasteiger partial charge in [0.15, 0.2) is 0 Å². The fourth-order valence-corrected chi connectivity index (χ4v) is 4.74. The first-order valence-corrected chi connectivity index (χ1v) is 12.5. The third kappa shape index (κ3) is 4.51. The number of anilines is 6. The van der Waals surface area contributed by atoms with E-state index in [2.05, 4.69) is 178 Å². The Bertz CT molecular complexity index is 1370. The lowest BCUT2D eigenvalue weighted by molar-refractivity contribution is 1.01. The number of hydrogen-bond acceptors (Lipinski definition) is 2. The Morgan fingerprint density at radius 2 is 0.568 bits per heavy atom. The Hall–Kier alpha value is -5.02. The maximum atomic E-state index is 2.33. The molecule has 3 heteroatoms. The Balaban J connectivity index is 1.63. The van der Waals surface area contributed by atoms with Crippen molar-refractivity contribution in [1.82, 2.24) is 4.57 Å². The van der Waals surface area contributed by atoms with Crippen molar-refractivity contribution in [3.05, 3.63) is 164 Å². The molecule has 0 aliphatic carbocycles. The van der Waals surface area contributed by atoms with E-state index in [1.807, 2.05) is 0 Å². The summed E-state index contributed by atoms with van der Waals surface area (Å²) in [6, 6.07) is 57.1. The Kier molecular flexibility index (Phi) is 6.25. The van der Waals surface area contributed by atoms with Gasteiger partial charge in [0.1, 0.15) is 11.6 Å². The number of nitrogens with zero attached hydrogens (tertiary/aromatic N) is 3. The summed E-state index contributed by atoms with van der Waals surface area (Å²) in [5.74, 6) is 2.10. The van der Waals surface area contributed by atoms with Gasteiger partial charge in [0, 0.05) is 28.4 Å². The predicted molar refractivity (Wildman–Crippen MR) is 155 cm³/mol. The molecule has 0 aliphatic heterocycles. The second kappa shape index (κ2) is 10.3. The van der Waals surface area contributed by atoms with Crippen LogP contribution in [-0.2, 0) is 0 Å². The van der Waals surface area contributed by atoms with Crippen molar-refractivity contribution < 1.29 is 0 Å². The molecule has 0 amide bonds. The topological polar surface area (TPSA) is 11.4 Å². The first-order valence-electron chi connectivity index (χ1n) is 12.5. The molecule has 6 rings (SSSR count). The molecule has 0 aliphatic rings. The molecule has 5 aromatic carbocycles. The molecule has 6 aromatic rings. The highest BCUT2D eigenvalue weighted by molar-refractivity contribution is 5.82. The molecule has 0 N–H and O–H groups in total. The van der Waals surface area contributed by atoms with Crippen molar-refractivity contribution in [1.29, 1.82) is 0 Å². The molecule has 37 heavy (non-hydrogen) atoms. The average Bonchev–Trinajstić information content (AvgIpc) is 3.40. The van der Waals surface area contributed by atoms with Crippen LogP contribution >= 0.6 is 0 Å². The van der Waals surface area contributed by atoms with E-state index in [1.165, 1.54) is 0 Å². The highest BCUT2D eigenvalue weighted by atomic mass is 15.3. The van der Waals surface area contributed by atoms with Gasteiger partial charge in [-0.3, -0.25) is 14.4 Å². The standard InChI is InChI=1S/C34H27N3/c1-6-16-28(17-7-1)35(29-18-8-2-9-19-29)33-26-27-34(37(33)32-24-14-5-15-25-32)36(30-20-10-3-11-21-30)31-22-12-4-13-23-31/h1-27H. The van der Waals surface area contributed by atoms with Gasteiger partial charge in [-0.1, -0.05) is 91.0 Å². The average molecular weight is 478 g/mol. The summed E-state index contributed by atoms with van der Waals surface area (Å²) >= 11 is 0. The van der Waals surface area contributed by atoms with Crippen molar-refractivity contribution in [2.24, 2.45) is 0 Å². The Labute approximate surface area is 218 Å². The van der Waals surface area contributed by atoms with Crippen LogP contribution in [0, 0.1) is 0 Å². The monoisotopic (exact) mass is 477 g/mol. The predicted octanol–water partition coefficient (Wildman–Crippen LogP) is 9.42. The van der Waals surface area contributed by atoms with Crippen molar-refractivity contribution in [2.75, 3.05) is 9.80 Å². The summed E-state index contributed by atoms with van der Waals surface area (Å²) in [7, 11) is 0. The van der Waals surface area contributed by atoms with Gasteiger partial charge in [0.05, 0.1) is 0 Å². The summed E-state index contributed by atoms with van der Waals surface area (Å²) < 4.78 is 2.33. The zero-order chi connectivity index (χ0) is 24.9. The molecule has 0 fully saturated rings. The van der Waals surface area contributed by atoms with Gasteiger partial charge in [0.25, 0.3) is 0 Å². The molecule has 0 unspecified atom stereocenters. The van der Waals surface area contributed by atoms with Gasteiger partial charge < -0.3 is 0 Å². The Morgan fingerprint density at radius 1 is 0.297 bits per heavy atom. The summed E-state index contributed by atoms with van der Waals surface area (Å²) in [4.78, 5) is 4.62. The number of aromatic nitrogens is 1. The van der Waals surface area contributed by atoms with Gasteiger partial charge >= 0.3 is 0 Å². The fourth-order valence-electron chi connectivity index (χ4n) is 4.74. The van der Waals surface area contributed by atoms with Crippen molar-refractivity contribution in [2.45, 2.75) is 0 Å². The number of rotatable bonds is 7. The van der Waals surface area contributed by atoms with Crippen LogP contribution in [0.25, 0.3) is 5.69 Å². The third-order valence-electron chi connectivity index (χ3n) is 6.37. The molecule has 1 heterocycles. The van der Waals surface area contributed by atoms with Gasteiger partial charge in [-0.25, -0.2) is 0 Å². The molecule has 0 bridgehead atoms. The largest absolute Gasteiger partial charge is 0.296 e. The second-order valence-corrected chi connectivity index (χ2v) is 8.73. The molecule has 0 radical (unpaired) electrons. The van der Waals surface area contributed by atoms with E-state index in [0.717, 1.165) is 40.1 Å². The normalized spacial score (nSPS) is 10.7. The van der Waals surface area contributed by atoms with E-state index in [1.54, 1.807) is 0 Å². The van der Waals surface area contributed by atoms with Gasteiger partial charge in [0.2, 0.25) is 0 Å². The van der Waals surface area contributed by atoms with Gasteiger partial charge in [-0.15, -0.1) is 0 Å². The number of hydrogen-bond donors (Lipinski definition) is 0. The summed E-state index contributed by atoms with van der Waals surface area (Å²) in [6.45, 7) is 0. The lowest BCUT2D eigenvalue weighted by atomic mass is 10.2. The van der Waals surface area contributed by atoms with E-state index in [9.17, 15) is 0 Å². The fraction of sp³-hybridized carbons (Fsp3) is 0. The molecule has 0 saturated heterocycles. The van der Waals surface area contributed by atoms with Crippen molar-refractivity contribution >= 4 is 34.4 Å². The maximum absolute atomic E-state index is 2.33. The smallest absolute Gasteiger partial charge is 0.124 e. The maximum Gasteiger partial charge on any atom is 0.124 e. The summed E-state index contributed by atoms with van der Waals surface area (Å²) in [5.41, 5.74) is 5.48. The molecular weight excluding hydrogens is 450 g/mol. The SMILES string of the molecule is c1ccc(N(c2ccccc2)c2ccc(N(c3ccccc3)c3ccccc3)n2-c2ccccc2)cc1. The molecule has 0 atom stereocenters. The summed E-state index contributed by atoms with van der Waals surface area (Å²) in [6.07, 6.45) is 0. The van der Waals surface area contributed by atoms with Gasteiger partial charge in [-0.05, 0) is 72.8 Å². The van der Waals surface area contributed by atoms with E-state index < -0.39 is 0 Å². The molecule has 1 aromatic heterocycles. The second-order valence-electron chi connectivity index (χ2n) is 8.73. The van der Waals surface area contributed by atoms with Crippen LogP contribution in [0.3, 0.4) is 0 Å². The van der Waals surface area contributed by atoms with E-state index >= 15 is 0 Å². The van der Waals surface area contributed by atoms with Crippen molar-refractivity contribution in [3.63, 3.8) is 0 Å². The minimum Gasteiger partial charge on any atom is -0.296 e. The minimum absolute atomic E-state index is 1.05. The van der Waals surface area contributed by atoms with E-state index in [4.69, 9.17) is 0 Å². The lowest BCUT2D eigenvalue weighted by Crippen LogP contribution is -2.18. The first kappa shape index (κ1) is 22.4. The van der Waals surface area contributed by atoms with E-state index in [-0.39, 0.29) is 0 Å². The van der Waals surface area contributed by atoms with Crippen LogP contribution in [0.5, 0.6) is 0 Å². The van der Waals surface area contributed by atoms with Crippen LogP contribution < -0.4 is 9.80 Å². The van der Waals surface area contributed by atoms with Crippen LogP contribution in [0.1, 0.15) is 0 Å². The third-order valence-corrected chi connectivity index (χ3v) is 6.37. The zero-order valence-corrected chi connectivity index (χ0v) is 20.4. The number of benzene rings is 5.